The molecule has 146 valence electrons. The lowest BCUT2D eigenvalue weighted by Gasteiger charge is -2.12. The highest BCUT2D eigenvalue weighted by Gasteiger charge is 2.10. The van der Waals surface area contributed by atoms with Gasteiger partial charge >= 0.3 is 0 Å². The average Bonchev–Trinajstić information content (AvgIpc) is 2.68. The van der Waals surface area contributed by atoms with Gasteiger partial charge in [-0.15, -0.1) is 0 Å². The molecule has 0 saturated carbocycles. The number of unbranched alkanes of at least 4 members (excludes halogenated alkanes) is 1. The number of carbonyl (C=O) groups is 1. The maximum atomic E-state index is 12.0. The summed E-state index contributed by atoms with van der Waals surface area (Å²) in [6.45, 7) is 4.14. The number of carbonyl (C=O) groups excluding carboxylic acids is 1. The summed E-state index contributed by atoms with van der Waals surface area (Å²) in [4.78, 5) is 12.0. The van der Waals surface area contributed by atoms with Crippen LogP contribution in [-0.2, 0) is 13.1 Å². The van der Waals surface area contributed by atoms with Crippen molar-refractivity contribution in [3.8, 4) is 11.5 Å². The van der Waals surface area contributed by atoms with Gasteiger partial charge in [-0.05, 0) is 41.8 Å². The second-order valence-corrected chi connectivity index (χ2v) is 6.63. The van der Waals surface area contributed by atoms with Crippen LogP contribution < -0.4 is 20.1 Å². The molecule has 0 saturated heterocycles. The van der Waals surface area contributed by atoms with Gasteiger partial charge in [0.1, 0.15) is 0 Å². The predicted molar refractivity (Wildman–Crippen MR) is 109 cm³/mol. The third-order valence-electron chi connectivity index (χ3n) is 4.18. The summed E-state index contributed by atoms with van der Waals surface area (Å²) in [6, 6.07) is 11.4. The van der Waals surface area contributed by atoms with Crippen molar-refractivity contribution < 1.29 is 14.3 Å². The molecule has 0 radical (unpaired) electrons. The number of benzene rings is 2. The van der Waals surface area contributed by atoms with Gasteiger partial charge in [0, 0.05) is 25.2 Å². The van der Waals surface area contributed by atoms with Gasteiger partial charge in [-0.2, -0.15) is 0 Å². The molecule has 0 fully saturated rings. The number of halogens is 1. The van der Waals surface area contributed by atoms with Gasteiger partial charge in [0.25, 0.3) is 5.91 Å². The number of methoxy groups -OCH3 is 2. The van der Waals surface area contributed by atoms with E-state index in [1.807, 2.05) is 36.4 Å². The Labute approximate surface area is 166 Å². The van der Waals surface area contributed by atoms with Crippen molar-refractivity contribution in [1.29, 1.82) is 0 Å². The molecule has 2 rings (SSSR count). The third kappa shape index (κ3) is 6.15. The first-order valence-electron chi connectivity index (χ1n) is 9.07. The van der Waals surface area contributed by atoms with E-state index in [-0.39, 0.29) is 5.91 Å². The van der Waals surface area contributed by atoms with Crippen LogP contribution in [0.5, 0.6) is 11.5 Å². The Hall–Kier alpha value is -2.24. The molecule has 0 heterocycles. The summed E-state index contributed by atoms with van der Waals surface area (Å²) in [5, 5.41) is 6.81. The first-order chi connectivity index (χ1) is 13.1. The summed E-state index contributed by atoms with van der Waals surface area (Å²) in [6.07, 6.45) is 2.06. The van der Waals surface area contributed by atoms with Gasteiger partial charge < -0.3 is 20.1 Å². The normalized spacial score (nSPS) is 10.5. The number of ether oxygens (including phenoxy) is 2. The first kappa shape index (κ1) is 21.1. The van der Waals surface area contributed by atoms with Gasteiger partial charge in [0.05, 0.1) is 19.2 Å². The van der Waals surface area contributed by atoms with Crippen LogP contribution in [0.3, 0.4) is 0 Å². The molecule has 0 aromatic heterocycles. The predicted octanol–water partition coefficient (Wildman–Crippen LogP) is 4.18. The molecule has 5 nitrogen and oxygen atoms in total. The molecule has 0 aliphatic carbocycles. The number of rotatable bonds is 10. The SMILES string of the molecule is CCCCNC(=O)c1ccc(CNCc2cc(Cl)c(OC)c(OC)c2)cc1. The Morgan fingerprint density at radius 3 is 2.37 bits per heavy atom. The number of amides is 1. The van der Waals surface area contributed by atoms with Crippen molar-refractivity contribution in [2.24, 2.45) is 0 Å². The zero-order valence-corrected chi connectivity index (χ0v) is 16.9. The standard InChI is InChI=1S/C21H27ClN2O3/c1-4-5-10-24-21(25)17-8-6-15(7-9-17)13-23-14-16-11-18(22)20(27-3)19(12-16)26-2/h6-9,11-12,23H,4-5,10,13-14H2,1-3H3,(H,24,25). The summed E-state index contributed by atoms with van der Waals surface area (Å²) in [5.74, 6) is 1.12. The Morgan fingerprint density at radius 2 is 1.74 bits per heavy atom. The molecule has 0 spiro atoms. The molecule has 0 bridgehead atoms. The molecule has 0 unspecified atom stereocenters. The van der Waals surface area contributed by atoms with E-state index in [9.17, 15) is 4.79 Å². The number of nitrogens with one attached hydrogen (secondary N) is 2. The summed E-state index contributed by atoms with van der Waals surface area (Å²) < 4.78 is 10.6. The summed E-state index contributed by atoms with van der Waals surface area (Å²) in [7, 11) is 3.15. The molecule has 0 aliphatic rings. The zero-order chi connectivity index (χ0) is 19.6. The fraction of sp³-hybridized carbons (Fsp3) is 0.381. The minimum absolute atomic E-state index is 0.0251. The van der Waals surface area contributed by atoms with Gasteiger partial charge in [-0.1, -0.05) is 37.1 Å². The van der Waals surface area contributed by atoms with Gasteiger partial charge in [0.2, 0.25) is 0 Å². The second-order valence-electron chi connectivity index (χ2n) is 6.22. The Morgan fingerprint density at radius 1 is 1.04 bits per heavy atom. The van der Waals surface area contributed by atoms with Crippen molar-refractivity contribution >= 4 is 17.5 Å². The molecular weight excluding hydrogens is 364 g/mol. The van der Waals surface area contributed by atoms with Crippen LogP contribution in [0.4, 0.5) is 0 Å². The zero-order valence-electron chi connectivity index (χ0n) is 16.1. The second kappa shape index (κ2) is 10.8. The molecule has 0 aliphatic heterocycles. The van der Waals surface area contributed by atoms with E-state index in [0.29, 0.717) is 41.7 Å². The van der Waals surface area contributed by atoms with Crippen molar-refractivity contribution in [2.75, 3.05) is 20.8 Å². The topological polar surface area (TPSA) is 59.6 Å². The smallest absolute Gasteiger partial charge is 0.251 e. The molecule has 2 aromatic carbocycles. The number of hydrogen-bond donors (Lipinski definition) is 2. The summed E-state index contributed by atoms with van der Waals surface area (Å²) in [5.41, 5.74) is 2.79. The lowest BCUT2D eigenvalue weighted by molar-refractivity contribution is 0.0953. The molecule has 27 heavy (non-hydrogen) atoms. The fourth-order valence-corrected chi connectivity index (χ4v) is 2.99. The van der Waals surface area contributed by atoms with E-state index in [4.69, 9.17) is 21.1 Å². The van der Waals surface area contributed by atoms with Crippen molar-refractivity contribution in [3.05, 3.63) is 58.1 Å². The minimum atomic E-state index is -0.0251. The highest BCUT2D eigenvalue weighted by atomic mass is 35.5. The van der Waals surface area contributed by atoms with Crippen molar-refractivity contribution in [1.82, 2.24) is 10.6 Å². The Kier molecular flexibility index (Phi) is 8.43. The fourth-order valence-electron chi connectivity index (χ4n) is 2.68. The molecule has 6 heteroatoms. The van der Waals surface area contributed by atoms with E-state index >= 15 is 0 Å². The first-order valence-corrected chi connectivity index (χ1v) is 9.45. The van der Waals surface area contributed by atoms with Crippen LogP contribution in [0.2, 0.25) is 5.02 Å². The molecule has 1 amide bonds. The van der Waals surface area contributed by atoms with Gasteiger partial charge in [0.15, 0.2) is 11.5 Å². The average molecular weight is 391 g/mol. The monoisotopic (exact) mass is 390 g/mol. The van der Waals surface area contributed by atoms with E-state index < -0.39 is 0 Å². The molecule has 2 N–H and O–H groups in total. The lowest BCUT2D eigenvalue weighted by Crippen LogP contribution is -2.24. The van der Waals surface area contributed by atoms with Crippen LogP contribution in [0, 0.1) is 0 Å². The third-order valence-corrected chi connectivity index (χ3v) is 4.46. The lowest BCUT2D eigenvalue weighted by atomic mass is 10.1. The van der Waals surface area contributed by atoms with Gasteiger partial charge in [-0.25, -0.2) is 0 Å². The van der Waals surface area contributed by atoms with E-state index in [0.717, 1.165) is 24.0 Å². The Balaban J connectivity index is 1.88. The van der Waals surface area contributed by atoms with Crippen LogP contribution in [0.1, 0.15) is 41.3 Å². The highest BCUT2D eigenvalue weighted by molar-refractivity contribution is 6.32. The van der Waals surface area contributed by atoms with Crippen LogP contribution in [0.25, 0.3) is 0 Å². The molecular formula is C21H27ClN2O3. The van der Waals surface area contributed by atoms with Crippen LogP contribution in [-0.4, -0.2) is 26.7 Å². The quantitative estimate of drug-likeness (QED) is 0.597. The molecule has 0 atom stereocenters. The number of hydrogen-bond acceptors (Lipinski definition) is 4. The maximum Gasteiger partial charge on any atom is 0.251 e. The largest absolute Gasteiger partial charge is 0.493 e. The van der Waals surface area contributed by atoms with E-state index in [1.165, 1.54) is 0 Å². The van der Waals surface area contributed by atoms with Crippen LogP contribution in [0.15, 0.2) is 36.4 Å². The Bertz CT molecular complexity index is 748. The van der Waals surface area contributed by atoms with Crippen molar-refractivity contribution in [3.63, 3.8) is 0 Å². The van der Waals surface area contributed by atoms with Crippen molar-refractivity contribution in [2.45, 2.75) is 32.9 Å². The minimum Gasteiger partial charge on any atom is -0.493 e. The molecule has 2 aromatic rings. The maximum absolute atomic E-state index is 12.0. The van der Waals surface area contributed by atoms with E-state index in [2.05, 4.69) is 17.6 Å². The highest BCUT2D eigenvalue weighted by Crippen LogP contribution is 2.35. The van der Waals surface area contributed by atoms with Crippen LogP contribution >= 0.6 is 11.6 Å². The summed E-state index contributed by atoms with van der Waals surface area (Å²) >= 11 is 6.23. The van der Waals surface area contributed by atoms with E-state index in [1.54, 1.807) is 14.2 Å². The van der Waals surface area contributed by atoms with Gasteiger partial charge in [-0.3, -0.25) is 4.79 Å².